The maximum Gasteiger partial charge on any atom is 0.194 e. The van der Waals surface area contributed by atoms with E-state index in [-0.39, 0.29) is 11.7 Å². The van der Waals surface area contributed by atoms with Gasteiger partial charge >= 0.3 is 0 Å². The van der Waals surface area contributed by atoms with Crippen LogP contribution in [0.2, 0.25) is 0 Å². The van der Waals surface area contributed by atoms with Crippen LogP contribution in [0.4, 0.5) is 0 Å². The Labute approximate surface area is 113 Å². The Hall–Kier alpha value is -1.93. The highest BCUT2D eigenvalue weighted by Gasteiger charge is 2.37. The summed E-state index contributed by atoms with van der Waals surface area (Å²) in [6, 6.07) is 18.5. The first-order valence-corrected chi connectivity index (χ1v) is 6.40. The molecule has 0 fully saturated rings. The zero-order valence-electron chi connectivity index (χ0n) is 11.2. The second-order valence-electron chi connectivity index (χ2n) is 4.98. The maximum absolute atomic E-state index is 12.4. The number of carbonyl (C=O) groups excluding carboxylic acids is 1. The van der Waals surface area contributed by atoms with Crippen molar-refractivity contribution in [3.63, 3.8) is 0 Å². The number of ketones is 1. The van der Waals surface area contributed by atoms with Crippen molar-refractivity contribution in [2.75, 3.05) is 0 Å². The molecule has 0 saturated carbocycles. The molecule has 1 N–H and O–H groups in total. The van der Waals surface area contributed by atoms with E-state index in [0.29, 0.717) is 5.56 Å². The molecule has 2 atom stereocenters. The molecule has 0 aliphatic heterocycles. The highest BCUT2D eigenvalue weighted by atomic mass is 16.3. The van der Waals surface area contributed by atoms with E-state index >= 15 is 0 Å². The predicted octanol–water partition coefficient (Wildman–Crippen LogP) is 3.42. The number of benzene rings is 2. The second kappa shape index (κ2) is 5.37. The van der Waals surface area contributed by atoms with E-state index in [9.17, 15) is 9.90 Å². The summed E-state index contributed by atoms with van der Waals surface area (Å²) in [5.74, 6) is -0.508. The van der Waals surface area contributed by atoms with Gasteiger partial charge in [0.1, 0.15) is 5.60 Å². The zero-order chi connectivity index (χ0) is 13.9. The summed E-state index contributed by atoms with van der Waals surface area (Å²) in [6.45, 7) is 3.45. The first kappa shape index (κ1) is 13.5. The van der Waals surface area contributed by atoms with Gasteiger partial charge < -0.3 is 5.11 Å². The molecule has 2 aromatic rings. The van der Waals surface area contributed by atoms with Crippen molar-refractivity contribution in [2.45, 2.75) is 25.4 Å². The summed E-state index contributed by atoms with van der Waals surface area (Å²) in [5.41, 5.74) is 0.0787. The number of hydrogen-bond acceptors (Lipinski definition) is 2. The normalized spacial score (nSPS) is 15.5. The molecule has 0 amide bonds. The molecule has 2 nitrogen and oxygen atoms in total. The molecule has 0 aliphatic rings. The topological polar surface area (TPSA) is 37.3 Å². The molecule has 19 heavy (non-hydrogen) atoms. The molecule has 0 spiro atoms. The van der Waals surface area contributed by atoms with E-state index in [4.69, 9.17) is 0 Å². The van der Waals surface area contributed by atoms with Crippen LogP contribution in [-0.2, 0) is 0 Å². The standard InChI is InChI=1S/C17H18O2/c1-13(14-9-5-3-6-10-14)17(2,19)16(18)15-11-7-4-8-12-15/h3-13,19H,1-2H3/t13-,17?/m0/s1. The van der Waals surface area contributed by atoms with Crippen LogP contribution >= 0.6 is 0 Å². The minimum Gasteiger partial charge on any atom is -0.381 e. The van der Waals surface area contributed by atoms with Gasteiger partial charge in [0.15, 0.2) is 5.78 Å². The van der Waals surface area contributed by atoms with E-state index in [1.807, 2.05) is 43.3 Å². The minimum absolute atomic E-state index is 0.246. The molecule has 0 saturated heterocycles. The van der Waals surface area contributed by atoms with Gasteiger partial charge in [-0.1, -0.05) is 67.6 Å². The van der Waals surface area contributed by atoms with Gasteiger partial charge in [0.05, 0.1) is 0 Å². The number of hydrogen-bond donors (Lipinski definition) is 1. The fraction of sp³-hybridized carbons (Fsp3) is 0.235. The Morgan fingerprint density at radius 1 is 1.00 bits per heavy atom. The van der Waals surface area contributed by atoms with Crippen LogP contribution in [-0.4, -0.2) is 16.5 Å². The average Bonchev–Trinajstić information content (AvgIpc) is 2.47. The first-order valence-electron chi connectivity index (χ1n) is 6.40. The lowest BCUT2D eigenvalue weighted by molar-refractivity contribution is 0.0297. The predicted molar refractivity (Wildman–Crippen MR) is 76.3 cm³/mol. The van der Waals surface area contributed by atoms with Gasteiger partial charge in [-0.15, -0.1) is 0 Å². The zero-order valence-corrected chi connectivity index (χ0v) is 11.2. The summed E-state index contributed by atoms with van der Waals surface area (Å²) in [5, 5.41) is 10.6. The van der Waals surface area contributed by atoms with Gasteiger partial charge in [-0.25, -0.2) is 0 Å². The molecule has 0 aromatic heterocycles. The van der Waals surface area contributed by atoms with Crippen LogP contribution in [0.3, 0.4) is 0 Å². The smallest absolute Gasteiger partial charge is 0.194 e. The number of carbonyl (C=O) groups is 1. The van der Waals surface area contributed by atoms with Crippen LogP contribution in [0.1, 0.15) is 35.7 Å². The number of rotatable bonds is 4. The number of Topliss-reactive ketones (excluding diaryl/α,β-unsaturated/α-hetero) is 1. The largest absolute Gasteiger partial charge is 0.381 e. The highest BCUT2D eigenvalue weighted by Crippen LogP contribution is 2.30. The Balaban J connectivity index is 2.30. The molecule has 1 unspecified atom stereocenters. The average molecular weight is 254 g/mol. The van der Waals surface area contributed by atoms with Crippen molar-refractivity contribution in [2.24, 2.45) is 0 Å². The molecule has 0 radical (unpaired) electrons. The fourth-order valence-corrected chi connectivity index (χ4v) is 2.14. The monoisotopic (exact) mass is 254 g/mol. The lowest BCUT2D eigenvalue weighted by Crippen LogP contribution is -2.40. The highest BCUT2D eigenvalue weighted by molar-refractivity contribution is 6.02. The van der Waals surface area contributed by atoms with E-state index in [1.54, 1.807) is 31.2 Å². The Morgan fingerprint density at radius 3 is 2.00 bits per heavy atom. The molecule has 0 aliphatic carbocycles. The SMILES string of the molecule is C[C@@H](c1ccccc1)C(C)(O)C(=O)c1ccccc1. The molecular weight excluding hydrogens is 236 g/mol. The molecule has 98 valence electrons. The second-order valence-corrected chi connectivity index (χ2v) is 4.98. The van der Waals surface area contributed by atoms with Crippen molar-refractivity contribution in [1.29, 1.82) is 0 Å². The van der Waals surface area contributed by atoms with Crippen LogP contribution in [0.15, 0.2) is 60.7 Å². The Bertz CT molecular complexity index is 544. The third-order valence-corrected chi connectivity index (χ3v) is 3.64. The van der Waals surface area contributed by atoms with Crippen LogP contribution in [0.25, 0.3) is 0 Å². The quantitative estimate of drug-likeness (QED) is 0.849. The minimum atomic E-state index is -1.41. The van der Waals surface area contributed by atoms with Gasteiger partial charge in [-0.2, -0.15) is 0 Å². The van der Waals surface area contributed by atoms with Crippen molar-refractivity contribution in [3.05, 3.63) is 71.8 Å². The van der Waals surface area contributed by atoms with Crippen molar-refractivity contribution in [1.82, 2.24) is 0 Å². The van der Waals surface area contributed by atoms with Gasteiger partial charge in [0, 0.05) is 11.5 Å². The first-order chi connectivity index (χ1) is 9.03. The number of aliphatic hydroxyl groups is 1. The molecular formula is C17H18O2. The molecule has 0 heterocycles. The van der Waals surface area contributed by atoms with Crippen LogP contribution < -0.4 is 0 Å². The van der Waals surface area contributed by atoms with Gasteiger partial charge in [-0.3, -0.25) is 4.79 Å². The molecule has 2 heteroatoms. The van der Waals surface area contributed by atoms with E-state index < -0.39 is 5.60 Å². The summed E-state index contributed by atoms with van der Waals surface area (Å²) >= 11 is 0. The van der Waals surface area contributed by atoms with Crippen molar-refractivity contribution in [3.8, 4) is 0 Å². The van der Waals surface area contributed by atoms with Crippen molar-refractivity contribution >= 4 is 5.78 Å². The summed E-state index contributed by atoms with van der Waals surface area (Å²) in [4.78, 5) is 12.4. The molecule has 2 aromatic carbocycles. The van der Waals surface area contributed by atoms with Crippen LogP contribution in [0.5, 0.6) is 0 Å². The third-order valence-electron chi connectivity index (χ3n) is 3.64. The lowest BCUT2D eigenvalue weighted by atomic mass is 9.80. The van der Waals surface area contributed by atoms with Gasteiger partial charge in [0.2, 0.25) is 0 Å². The van der Waals surface area contributed by atoms with E-state index in [0.717, 1.165) is 5.56 Å². The van der Waals surface area contributed by atoms with Crippen LogP contribution in [0, 0.1) is 0 Å². The van der Waals surface area contributed by atoms with Gasteiger partial charge in [-0.05, 0) is 12.5 Å². The van der Waals surface area contributed by atoms with Gasteiger partial charge in [0.25, 0.3) is 0 Å². The third kappa shape index (κ3) is 2.74. The van der Waals surface area contributed by atoms with Crippen molar-refractivity contribution < 1.29 is 9.90 Å². The lowest BCUT2D eigenvalue weighted by Gasteiger charge is -2.29. The summed E-state index contributed by atoms with van der Waals surface area (Å²) in [7, 11) is 0. The molecule has 2 rings (SSSR count). The maximum atomic E-state index is 12.4. The fourth-order valence-electron chi connectivity index (χ4n) is 2.14. The Morgan fingerprint density at radius 2 is 1.47 bits per heavy atom. The van der Waals surface area contributed by atoms with E-state index in [2.05, 4.69) is 0 Å². The van der Waals surface area contributed by atoms with E-state index in [1.165, 1.54) is 0 Å². The Kier molecular flexibility index (Phi) is 3.82. The summed E-state index contributed by atoms with van der Waals surface area (Å²) < 4.78 is 0. The summed E-state index contributed by atoms with van der Waals surface area (Å²) in [6.07, 6.45) is 0. The molecule has 0 bridgehead atoms.